The van der Waals surface area contributed by atoms with Crippen LogP contribution in [0.5, 0.6) is 0 Å². The summed E-state index contributed by atoms with van der Waals surface area (Å²) in [5.74, 6) is 0. The van der Waals surface area contributed by atoms with Crippen LogP contribution in [0.15, 0.2) is 0 Å². The van der Waals surface area contributed by atoms with E-state index in [9.17, 15) is 10.2 Å². The quantitative estimate of drug-likeness (QED) is 0.587. The first kappa shape index (κ1) is 8.97. The largest absolute Gasteiger partial charge is 0.392 e. The lowest BCUT2D eigenvalue weighted by atomic mass is 9.94. The molecule has 1 saturated heterocycles. The Hall–Kier alpha value is -0.120. The Morgan fingerprint density at radius 3 is 2.09 bits per heavy atom. The molecule has 0 bridgehead atoms. The molecule has 0 saturated carbocycles. The lowest BCUT2D eigenvalue weighted by molar-refractivity contribution is -0.115. The van der Waals surface area contributed by atoms with Gasteiger partial charge in [-0.2, -0.15) is 0 Å². The van der Waals surface area contributed by atoms with Crippen LogP contribution in [0.25, 0.3) is 0 Å². The highest BCUT2D eigenvalue weighted by molar-refractivity contribution is 4.94. The molecule has 1 fully saturated rings. The molecule has 0 aromatic heterocycles. The van der Waals surface area contributed by atoms with Crippen molar-refractivity contribution in [2.75, 3.05) is 13.1 Å². The fraction of sp³-hybridized carbons (Fsp3) is 1.00. The van der Waals surface area contributed by atoms with Crippen LogP contribution in [-0.4, -0.2) is 45.9 Å². The van der Waals surface area contributed by atoms with Gasteiger partial charge in [-0.25, -0.2) is 0 Å². The fourth-order valence-electron chi connectivity index (χ4n) is 1.42. The van der Waals surface area contributed by atoms with Crippen LogP contribution in [0.4, 0.5) is 0 Å². The molecule has 1 rings (SSSR count). The highest BCUT2D eigenvalue weighted by atomic mass is 16.3. The Labute approximate surface area is 67.6 Å². The topological polar surface area (TPSA) is 43.7 Å². The Morgan fingerprint density at radius 1 is 1.36 bits per heavy atom. The predicted octanol–water partition coefficient (Wildman–Crippen LogP) is -0.178. The second kappa shape index (κ2) is 2.73. The lowest BCUT2D eigenvalue weighted by Crippen LogP contribution is -2.64. The molecule has 3 heteroatoms. The summed E-state index contributed by atoms with van der Waals surface area (Å²) in [6.45, 7) is 6.92. The number of β-amino-alcohol motifs (C(OH)–C–C–N with tert-alkyl or cyclic N) is 1. The summed E-state index contributed by atoms with van der Waals surface area (Å²) in [6.07, 6.45) is -0.314. The normalized spacial score (nSPS) is 29.2. The minimum absolute atomic E-state index is 0.162. The molecular weight excluding hydrogens is 142 g/mol. The van der Waals surface area contributed by atoms with Gasteiger partial charge in [0.05, 0.1) is 11.7 Å². The highest BCUT2D eigenvalue weighted by Crippen LogP contribution is 2.23. The molecule has 0 aliphatic carbocycles. The SMILES string of the molecule is CC(O)C(C)N1CC(C)(O)C1. The van der Waals surface area contributed by atoms with Crippen LogP contribution in [0.1, 0.15) is 20.8 Å². The molecule has 1 heterocycles. The van der Waals surface area contributed by atoms with Crippen LogP contribution in [0.3, 0.4) is 0 Å². The number of aliphatic hydroxyl groups is 2. The molecule has 0 aromatic rings. The van der Waals surface area contributed by atoms with Gasteiger partial charge in [-0.15, -0.1) is 0 Å². The van der Waals surface area contributed by atoms with Gasteiger partial charge in [0.2, 0.25) is 0 Å². The van der Waals surface area contributed by atoms with Gasteiger partial charge in [-0.3, -0.25) is 4.90 Å². The Morgan fingerprint density at radius 2 is 1.82 bits per heavy atom. The Bertz CT molecular complexity index is 137. The van der Waals surface area contributed by atoms with Gasteiger partial charge in [0.15, 0.2) is 0 Å². The zero-order chi connectivity index (χ0) is 8.65. The van der Waals surface area contributed by atoms with Crippen LogP contribution in [-0.2, 0) is 0 Å². The van der Waals surface area contributed by atoms with Crippen molar-refractivity contribution in [3.8, 4) is 0 Å². The van der Waals surface area contributed by atoms with Crippen molar-refractivity contribution < 1.29 is 10.2 Å². The summed E-state index contributed by atoms with van der Waals surface area (Å²) in [5, 5.41) is 18.6. The molecule has 0 radical (unpaired) electrons. The van der Waals surface area contributed by atoms with E-state index in [1.165, 1.54) is 0 Å². The molecule has 0 aromatic carbocycles. The Balaban J connectivity index is 2.32. The van der Waals surface area contributed by atoms with E-state index >= 15 is 0 Å². The molecular formula is C8H17NO2. The van der Waals surface area contributed by atoms with E-state index in [4.69, 9.17) is 0 Å². The van der Waals surface area contributed by atoms with Crippen molar-refractivity contribution in [2.45, 2.75) is 38.5 Å². The third kappa shape index (κ3) is 1.92. The molecule has 2 atom stereocenters. The van der Waals surface area contributed by atoms with Crippen LogP contribution < -0.4 is 0 Å². The average molecular weight is 159 g/mol. The molecule has 1 aliphatic rings. The van der Waals surface area contributed by atoms with E-state index in [0.29, 0.717) is 13.1 Å². The molecule has 3 nitrogen and oxygen atoms in total. The maximum absolute atomic E-state index is 9.39. The van der Waals surface area contributed by atoms with Crippen molar-refractivity contribution >= 4 is 0 Å². The van der Waals surface area contributed by atoms with Gasteiger partial charge in [0.1, 0.15) is 0 Å². The summed E-state index contributed by atoms with van der Waals surface area (Å²) in [5.41, 5.74) is -0.525. The van der Waals surface area contributed by atoms with Crippen molar-refractivity contribution in [3.63, 3.8) is 0 Å². The molecule has 2 unspecified atom stereocenters. The molecule has 0 spiro atoms. The number of hydrogen-bond donors (Lipinski definition) is 2. The minimum atomic E-state index is -0.525. The predicted molar refractivity (Wildman–Crippen MR) is 43.3 cm³/mol. The first-order valence-electron chi connectivity index (χ1n) is 4.07. The first-order chi connectivity index (χ1) is 4.92. The van der Waals surface area contributed by atoms with E-state index in [2.05, 4.69) is 4.90 Å². The van der Waals surface area contributed by atoms with Crippen molar-refractivity contribution in [3.05, 3.63) is 0 Å². The molecule has 0 amide bonds. The molecule has 66 valence electrons. The number of hydrogen-bond acceptors (Lipinski definition) is 3. The summed E-state index contributed by atoms with van der Waals surface area (Å²) >= 11 is 0. The standard InChI is InChI=1S/C8H17NO2/c1-6(7(2)10)9-4-8(3,11)5-9/h6-7,10-11H,4-5H2,1-3H3. The summed E-state index contributed by atoms with van der Waals surface area (Å²) in [4.78, 5) is 2.07. The van der Waals surface area contributed by atoms with Gasteiger partial charge in [-0.05, 0) is 20.8 Å². The maximum Gasteiger partial charge on any atom is 0.0872 e. The van der Waals surface area contributed by atoms with Crippen molar-refractivity contribution in [1.29, 1.82) is 0 Å². The van der Waals surface area contributed by atoms with E-state index in [1.807, 2.05) is 13.8 Å². The van der Waals surface area contributed by atoms with Crippen LogP contribution in [0.2, 0.25) is 0 Å². The van der Waals surface area contributed by atoms with Gasteiger partial charge in [-0.1, -0.05) is 0 Å². The first-order valence-corrected chi connectivity index (χ1v) is 4.07. The van der Waals surface area contributed by atoms with Crippen molar-refractivity contribution in [1.82, 2.24) is 4.90 Å². The fourth-order valence-corrected chi connectivity index (χ4v) is 1.42. The third-order valence-electron chi connectivity index (χ3n) is 2.36. The minimum Gasteiger partial charge on any atom is -0.392 e. The number of nitrogens with zero attached hydrogens (tertiary/aromatic N) is 1. The number of aliphatic hydroxyl groups excluding tert-OH is 1. The van der Waals surface area contributed by atoms with Crippen LogP contribution in [0, 0.1) is 0 Å². The Kier molecular flexibility index (Phi) is 2.23. The van der Waals surface area contributed by atoms with Crippen LogP contribution >= 0.6 is 0 Å². The summed E-state index contributed by atoms with van der Waals surface area (Å²) in [6, 6.07) is 0.162. The van der Waals surface area contributed by atoms with Gasteiger partial charge in [0.25, 0.3) is 0 Å². The molecule has 11 heavy (non-hydrogen) atoms. The lowest BCUT2D eigenvalue weighted by Gasteiger charge is -2.48. The average Bonchev–Trinajstić information content (AvgIpc) is 1.80. The monoisotopic (exact) mass is 159 g/mol. The second-order valence-corrected chi connectivity index (χ2v) is 3.88. The smallest absolute Gasteiger partial charge is 0.0872 e. The molecule has 2 N–H and O–H groups in total. The summed E-state index contributed by atoms with van der Waals surface area (Å²) in [7, 11) is 0. The third-order valence-corrected chi connectivity index (χ3v) is 2.36. The van der Waals surface area contributed by atoms with E-state index in [1.54, 1.807) is 6.92 Å². The van der Waals surface area contributed by atoms with E-state index in [-0.39, 0.29) is 12.1 Å². The second-order valence-electron chi connectivity index (χ2n) is 3.88. The maximum atomic E-state index is 9.39. The van der Waals surface area contributed by atoms with E-state index < -0.39 is 5.60 Å². The van der Waals surface area contributed by atoms with Gasteiger partial charge in [0, 0.05) is 19.1 Å². The number of likely N-dealkylation sites (tertiary alicyclic amines) is 1. The molecule has 1 aliphatic heterocycles. The van der Waals surface area contributed by atoms with Crippen molar-refractivity contribution in [2.24, 2.45) is 0 Å². The highest BCUT2D eigenvalue weighted by Gasteiger charge is 2.39. The summed E-state index contributed by atoms with van der Waals surface area (Å²) < 4.78 is 0. The van der Waals surface area contributed by atoms with E-state index in [0.717, 1.165) is 0 Å². The number of rotatable bonds is 2. The van der Waals surface area contributed by atoms with Gasteiger partial charge >= 0.3 is 0 Å². The van der Waals surface area contributed by atoms with Gasteiger partial charge < -0.3 is 10.2 Å². The zero-order valence-corrected chi connectivity index (χ0v) is 7.41. The zero-order valence-electron chi connectivity index (χ0n) is 7.41.